The summed E-state index contributed by atoms with van der Waals surface area (Å²) in [7, 11) is 1.70. The van der Waals surface area contributed by atoms with Crippen molar-refractivity contribution in [2.24, 2.45) is 5.92 Å². The number of amides is 1. The molecule has 2 atom stereocenters. The normalized spacial score (nSPS) is 20.5. The molecule has 0 unspecified atom stereocenters. The van der Waals surface area contributed by atoms with Crippen LogP contribution >= 0.6 is 0 Å². The lowest BCUT2D eigenvalue weighted by molar-refractivity contribution is -0.138. The van der Waals surface area contributed by atoms with Crippen LogP contribution in [0.3, 0.4) is 0 Å². The third kappa shape index (κ3) is 3.56. The molecule has 1 saturated carbocycles. The van der Waals surface area contributed by atoms with E-state index in [2.05, 4.69) is 0 Å². The molecule has 2 rings (SSSR count). The molecule has 1 amide bonds. The number of carbonyl (C=O) groups is 2. The summed E-state index contributed by atoms with van der Waals surface area (Å²) < 4.78 is 12.8. The van der Waals surface area contributed by atoms with Crippen molar-refractivity contribution in [3.8, 4) is 0 Å². The highest BCUT2D eigenvalue weighted by Crippen LogP contribution is 2.48. The SMILES string of the molecule is CN(CCCC(=O)O)C(=O)[C@H]1C[C@@H]1c1ccc(F)cc1. The maximum Gasteiger partial charge on any atom is 0.303 e. The minimum Gasteiger partial charge on any atom is -0.481 e. The summed E-state index contributed by atoms with van der Waals surface area (Å²) in [6.45, 7) is 0.456. The number of carboxylic acids is 1. The van der Waals surface area contributed by atoms with Gasteiger partial charge in [0.2, 0.25) is 5.91 Å². The fourth-order valence-electron chi connectivity index (χ4n) is 2.41. The number of nitrogens with zero attached hydrogens (tertiary/aromatic N) is 1. The lowest BCUT2D eigenvalue weighted by atomic mass is 10.1. The Morgan fingerprint density at radius 1 is 1.35 bits per heavy atom. The average Bonchev–Trinajstić information content (AvgIpc) is 3.18. The summed E-state index contributed by atoms with van der Waals surface area (Å²) in [6.07, 6.45) is 1.32. The zero-order valence-electron chi connectivity index (χ0n) is 11.4. The van der Waals surface area contributed by atoms with Crippen molar-refractivity contribution < 1.29 is 19.1 Å². The van der Waals surface area contributed by atoms with Gasteiger partial charge in [0.1, 0.15) is 5.82 Å². The Morgan fingerprint density at radius 2 is 2.00 bits per heavy atom. The van der Waals surface area contributed by atoms with Crippen LogP contribution in [0.2, 0.25) is 0 Å². The van der Waals surface area contributed by atoms with Crippen LogP contribution in [0, 0.1) is 11.7 Å². The molecule has 1 fully saturated rings. The Bertz CT molecular complexity index is 500. The average molecular weight is 279 g/mol. The van der Waals surface area contributed by atoms with Crippen molar-refractivity contribution in [3.63, 3.8) is 0 Å². The molecule has 0 heterocycles. The molecular weight excluding hydrogens is 261 g/mol. The van der Waals surface area contributed by atoms with Gasteiger partial charge >= 0.3 is 5.97 Å². The first-order chi connectivity index (χ1) is 9.49. The quantitative estimate of drug-likeness (QED) is 0.869. The molecule has 0 aliphatic heterocycles. The number of hydrogen-bond acceptors (Lipinski definition) is 2. The molecule has 0 spiro atoms. The summed E-state index contributed by atoms with van der Waals surface area (Å²) in [4.78, 5) is 24.2. The van der Waals surface area contributed by atoms with Crippen LogP contribution in [0.15, 0.2) is 24.3 Å². The first-order valence-electron chi connectivity index (χ1n) is 6.71. The molecular formula is C15H18FNO3. The predicted octanol–water partition coefficient (Wildman–Crippen LogP) is 2.25. The Balaban J connectivity index is 1.83. The second kappa shape index (κ2) is 6.03. The molecule has 1 aliphatic rings. The van der Waals surface area contributed by atoms with Gasteiger partial charge in [-0.3, -0.25) is 9.59 Å². The van der Waals surface area contributed by atoms with Crippen LogP contribution in [0.4, 0.5) is 4.39 Å². The third-order valence-corrected chi connectivity index (χ3v) is 3.67. The van der Waals surface area contributed by atoms with E-state index in [1.54, 1.807) is 24.1 Å². The van der Waals surface area contributed by atoms with E-state index in [4.69, 9.17) is 5.11 Å². The first kappa shape index (κ1) is 14.5. The molecule has 0 radical (unpaired) electrons. The van der Waals surface area contributed by atoms with Gasteiger partial charge in [-0.05, 0) is 36.5 Å². The molecule has 108 valence electrons. The second-order valence-electron chi connectivity index (χ2n) is 5.26. The minimum atomic E-state index is -0.846. The van der Waals surface area contributed by atoms with Crippen LogP contribution < -0.4 is 0 Å². The Kier molecular flexibility index (Phi) is 4.37. The van der Waals surface area contributed by atoms with Crippen LogP contribution in [0.25, 0.3) is 0 Å². The largest absolute Gasteiger partial charge is 0.481 e. The highest BCUT2D eigenvalue weighted by molar-refractivity contribution is 5.82. The maximum atomic E-state index is 12.8. The number of rotatable bonds is 6. The summed E-state index contributed by atoms with van der Waals surface area (Å²) >= 11 is 0. The fraction of sp³-hybridized carbons (Fsp3) is 0.467. The number of hydrogen-bond donors (Lipinski definition) is 1. The molecule has 4 nitrogen and oxygen atoms in total. The fourth-order valence-corrected chi connectivity index (χ4v) is 2.41. The molecule has 1 aromatic carbocycles. The van der Waals surface area contributed by atoms with Crippen molar-refractivity contribution in [1.29, 1.82) is 0 Å². The standard InChI is InChI=1S/C15H18FNO3/c1-17(8-2-3-14(18)19)15(20)13-9-12(13)10-4-6-11(16)7-5-10/h4-7,12-13H,2-3,8-9H2,1H3,(H,18,19)/t12-,13+/m1/s1. The van der Waals surface area contributed by atoms with Gasteiger partial charge in [0.15, 0.2) is 0 Å². The van der Waals surface area contributed by atoms with E-state index in [9.17, 15) is 14.0 Å². The summed E-state index contributed by atoms with van der Waals surface area (Å²) in [5.41, 5.74) is 0.990. The van der Waals surface area contributed by atoms with Crippen LogP contribution in [0.1, 0.15) is 30.7 Å². The zero-order chi connectivity index (χ0) is 14.7. The lowest BCUT2D eigenvalue weighted by Gasteiger charge is -2.16. The third-order valence-electron chi connectivity index (χ3n) is 3.67. The van der Waals surface area contributed by atoms with Gasteiger partial charge in [-0.25, -0.2) is 4.39 Å². The maximum absolute atomic E-state index is 12.8. The molecule has 5 heteroatoms. The number of halogens is 1. The number of aliphatic carboxylic acids is 1. The molecule has 0 aromatic heterocycles. The van der Waals surface area contributed by atoms with Gasteiger partial charge in [0.05, 0.1) is 0 Å². The number of carbonyl (C=O) groups excluding carboxylic acids is 1. The minimum absolute atomic E-state index is 0.0460. The van der Waals surface area contributed by atoms with Crippen LogP contribution in [-0.4, -0.2) is 35.5 Å². The Morgan fingerprint density at radius 3 is 2.60 bits per heavy atom. The van der Waals surface area contributed by atoms with Gasteiger partial charge in [0, 0.05) is 25.9 Å². The van der Waals surface area contributed by atoms with Crippen LogP contribution in [-0.2, 0) is 9.59 Å². The van der Waals surface area contributed by atoms with Gasteiger partial charge in [0.25, 0.3) is 0 Å². The first-order valence-corrected chi connectivity index (χ1v) is 6.71. The molecule has 0 saturated heterocycles. The van der Waals surface area contributed by atoms with Crippen molar-refractivity contribution in [3.05, 3.63) is 35.6 Å². The zero-order valence-corrected chi connectivity index (χ0v) is 11.4. The second-order valence-corrected chi connectivity index (χ2v) is 5.26. The van der Waals surface area contributed by atoms with E-state index in [1.165, 1.54) is 12.1 Å². The smallest absolute Gasteiger partial charge is 0.303 e. The van der Waals surface area contributed by atoms with E-state index in [-0.39, 0.29) is 30.0 Å². The topological polar surface area (TPSA) is 57.6 Å². The van der Waals surface area contributed by atoms with Crippen molar-refractivity contribution in [2.75, 3.05) is 13.6 Å². The predicted molar refractivity (Wildman–Crippen MR) is 71.8 cm³/mol. The molecule has 1 N–H and O–H groups in total. The number of benzene rings is 1. The van der Waals surface area contributed by atoms with E-state index >= 15 is 0 Å². The van der Waals surface area contributed by atoms with Crippen molar-refractivity contribution in [1.82, 2.24) is 4.90 Å². The summed E-state index contributed by atoms with van der Waals surface area (Å²) in [5.74, 6) is -0.949. The summed E-state index contributed by atoms with van der Waals surface area (Å²) in [6, 6.07) is 6.26. The monoisotopic (exact) mass is 279 g/mol. The highest BCUT2D eigenvalue weighted by Gasteiger charge is 2.44. The molecule has 20 heavy (non-hydrogen) atoms. The van der Waals surface area contributed by atoms with E-state index in [1.807, 2.05) is 0 Å². The van der Waals surface area contributed by atoms with E-state index < -0.39 is 5.97 Å². The number of carboxylic acid groups (broad SMARTS) is 1. The summed E-state index contributed by atoms with van der Waals surface area (Å²) in [5, 5.41) is 8.57. The van der Waals surface area contributed by atoms with Gasteiger partial charge in [-0.1, -0.05) is 12.1 Å². The van der Waals surface area contributed by atoms with E-state index in [0.29, 0.717) is 13.0 Å². The molecule has 0 bridgehead atoms. The van der Waals surface area contributed by atoms with Crippen molar-refractivity contribution >= 4 is 11.9 Å². The van der Waals surface area contributed by atoms with Crippen LogP contribution in [0.5, 0.6) is 0 Å². The van der Waals surface area contributed by atoms with Gasteiger partial charge in [-0.15, -0.1) is 0 Å². The van der Waals surface area contributed by atoms with Crippen molar-refractivity contribution in [2.45, 2.75) is 25.2 Å². The highest BCUT2D eigenvalue weighted by atomic mass is 19.1. The Labute approximate surface area is 117 Å². The van der Waals surface area contributed by atoms with Gasteiger partial charge < -0.3 is 10.0 Å². The molecule has 1 aromatic rings. The van der Waals surface area contributed by atoms with E-state index in [0.717, 1.165) is 12.0 Å². The lowest BCUT2D eigenvalue weighted by Crippen LogP contribution is -2.29. The Hall–Kier alpha value is -1.91. The molecule has 1 aliphatic carbocycles. The van der Waals surface area contributed by atoms with Gasteiger partial charge in [-0.2, -0.15) is 0 Å².